The van der Waals surface area contributed by atoms with Crippen molar-refractivity contribution in [2.24, 2.45) is 0 Å². The number of carbonyl (C=O) groups is 1. The average Bonchev–Trinajstić information content (AvgIpc) is 2.35. The molecule has 0 saturated heterocycles. The Morgan fingerprint density at radius 3 is 2.62 bits per heavy atom. The smallest absolute Gasteiger partial charge is 0.332 e. The van der Waals surface area contributed by atoms with E-state index < -0.39 is 0 Å². The fourth-order valence-corrected chi connectivity index (χ4v) is 1.29. The maximum Gasteiger partial charge on any atom is 0.332 e. The first kappa shape index (κ1) is 12.3. The summed E-state index contributed by atoms with van der Waals surface area (Å²) in [7, 11) is 1.38. The minimum absolute atomic E-state index is 0.322. The Labute approximate surface area is 96.1 Å². The van der Waals surface area contributed by atoms with Crippen molar-refractivity contribution in [1.82, 2.24) is 5.32 Å². The molecule has 0 radical (unpaired) electrons. The van der Waals surface area contributed by atoms with Gasteiger partial charge in [-0.15, -0.1) is 0 Å². The summed E-state index contributed by atoms with van der Waals surface area (Å²) < 4.78 is 4.58. The van der Waals surface area contributed by atoms with Gasteiger partial charge in [0.05, 0.1) is 7.11 Å². The zero-order chi connectivity index (χ0) is 11.8. The Bertz CT molecular complexity index is 357. The molecule has 0 aromatic heterocycles. The molecular weight excluding hydrogens is 202 g/mol. The third-order valence-electron chi connectivity index (χ3n) is 2.24. The first-order valence-corrected chi connectivity index (χ1v) is 5.32. The fourth-order valence-electron chi connectivity index (χ4n) is 1.29. The van der Waals surface area contributed by atoms with E-state index in [0.717, 1.165) is 18.7 Å². The van der Waals surface area contributed by atoms with E-state index in [0.29, 0.717) is 0 Å². The highest BCUT2D eigenvalue weighted by atomic mass is 16.5. The van der Waals surface area contributed by atoms with Gasteiger partial charge < -0.3 is 10.1 Å². The van der Waals surface area contributed by atoms with Gasteiger partial charge in [-0.3, -0.25) is 0 Å². The van der Waals surface area contributed by atoms with Crippen molar-refractivity contribution in [2.45, 2.75) is 19.9 Å². The third kappa shape index (κ3) is 4.17. The standard InChI is InChI=1S/C13H17NO2/c1-3-12(9-13(15)16-2)14-10-11-7-5-4-6-8-11/h4-9,14H,3,10H2,1-2H3. The first-order valence-electron chi connectivity index (χ1n) is 5.32. The molecule has 1 rings (SSSR count). The number of benzene rings is 1. The van der Waals surface area contributed by atoms with Crippen molar-refractivity contribution < 1.29 is 9.53 Å². The van der Waals surface area contributed by atoms with E-state index in [9.17, 15) is 4.79 Å². The van der Waals surface area contributed by atoms with Crippen LogP contribution in [-0.2, 0) is 16.1 Å². The molecule has 0 saturated carbocycles. The molecule has 1 aromatic rings. The monoisotopic (exact) mass is 219 g/mol. The number of hydrogen-bond acceptors (Lipinski definition) is 3. The van der Waals surface area contributed by atoms with Gasteiger partial charge in [0.1, 0.15) is 0 Å². The highest BCUT2D eigenvalue weighted by Gasteiger charge is 1.99. The zero-order valence-electron chi connectivity index (χ0n) is 9.69. The molecule has 1 aromatic carbocycles. The van der Waals surface area contributed by atoms with E-state index in [2.05, 4.69) is 10.1 Å². The lowest BCUT2D eigenvalue weighted by Gasteiger charge is -2.08. The van der Waals surface area contributed by atoms with Crippen LogP contribution in [0.1, 0.15) is 18.9 Å². The number of allylic oxidation sites excluding steroid dienone is 1. The van der Waals surface area contributed by atoms with E-state index in [1.165, 1.54) is 18.7 Å². The summed E-state index contributed by atoms with van der Waals surface area (Å²) in [6.07, 6.45) is 2.27. The largest absolute Gasteiger partial charge is 0.466 e. The van der Waals surface area contributed by atoms with E-state index in [1.54, 1.807) is 0 Å². The van der Waals surface area contributed by atoms with Crippen LogP contribution in [0.5, 0.6) is 0 Å². The summed E-state index contributed by atoms with van der Waals surface area (Å²) in [5.74, 6) is -0.322. The van der Waals surface area contributed by atoms with E-state index >= 15 is 0 Å². The summed E-state index contributed by atoms with van der Waals surface area (Å²) in [6.45, 7) is 2.71. The molecule has 0 aliphatic heterocycles. The van der Waals surface area contributed by atoms with Gasteiger partial charge in [-0.25, -0.2) is 4.79 Å². The number of carbonyl (C=O) groups excluding carboxylic acids is 1. The predicted molar refractivity (Wildman–Crippen MR) is 63.7 cm³/mol. The van der Waals surface area contributed by atoms with Gasteiger partial charge >= 0.3 is 5.97 Å². The summed E-state index contributed by atoms with van der Waals surface area (Å²) in [5, 5.41) is 3.21. The van der Waals surface area contributed by atoms with Crippen LogP contribution in [0.25, 0.3) is 0 Å². The molecule has 3 heteroatoms. The second-order valence-corrected chi connectivity index (χ2v) is 3.39. The van der Waals surface area contributed by atoms with Crippen LogP contribution in [0.2, 0.25) is 0 Å². The number of nitrogens with one attached hydrogen (secondary N) is 1. The Morgan fingerprint density at radius 2 is 2.06 bits per heavy atom. The summed E-state index contributed by atoms with van der Waals surface area (Å²) in [4.78, 5) is 11.1. The van der Waals surface area contributed by atoms with E-state index in [1.807, 2.05) is 37.3 Å². The van der Waals surface area contributed by atoms with Gasteiger partial charge in [0.25, 0.3) is 0 Å². The lowest BCUT2D eigenvalue weighted by molar-refractivity contribution is -0.134. The van der Waals surface area contributed by atoms with E-state index in [-0.39, 0.29) is 5.97 Å². The van der Waals surface area contributed by atoms with Crippen molar-refractivity contribution in [3.63, 3.8) is 0 Å². The fraction of sp³-hybridized carbons (Fsp3) is 0.308. The van der Waals surface area contributed by atoms with Crippen molar-refractivity contribution in [3.05, 3.63) is 47.7 Å². The van der Waals surface area contributed by atoms with Gasteiger partial charge in [-0.05, 0) is 12.0 Å². The van der Waals surface area contributed by atoms with Crippen molar-refractivity contribution >= 4 is 5.97 Å². The number of rotatable bonds is 5. The highest BCUT2D eigenvalue weighted by molar-refractivity contribution is 5.82. The quantitative estimate of drug-likeness (QED) is 0.609. The molecule has 16 heavy (non-hydrogen) atoms. The Hall–Kier alpha value is -1.77. The average molecular weight is 219 g/mol. The molecule has 0 aliphatic carbocycles. The van der Waals surface area contributed by atoms with Crippen LogP contribution in [0.15, 0.2) is 42.1 Å². The molecule has 0 heterocycles. The van der Waals surface area contributed by atoms with Gasteiger partial charge in [0, 0.05) is 18.3 Å². The molecule has 1 N–H and O–H groups in total. The molecule has 86 valence electrons. The molecule has 0 spiro atoms. The van der Waals surface area contributed by atoms with Crippen LogP contribution in [0.4, 0.5) is 0 Å². The second kappa shape index (κ2) is 6.67. The minimum Gasteiger partial charge on any atom is -0.466 e. The lowest BCUT2D eigenvalue weighted by atomic mass is 10.2. The number of esters is 1. The summed E-state index contributed by atoms with van der Waals surface area (Å²) in [5.41, 5.74) is 2.07. The van der Waals surface area contributed by atoms with Gasteiger partial charge in [-0.1, -0.05) is 37.3 Å². The first-order chi connectivity index (χ1) is 7.76. The Morgan fingerprint density at radius 1 is 1.38 bits per heavy atom. The molecule has 0 atom stereocenters. The number of ether oxygens (including phenoxy) is 1. The molecule has 0 unspecified atom stereocenters. The summed E-state index contributed by atoms with van der Waals surface area (Å²) in [6, 6.07) is 10.0. The molecule has 0 bridgehead atoms. The predicted octanol–water partition coefficient (Wildman–Crippen LogP) is 2.24. The van der Waals surface area contributed by atoms with Crippen LogP contribution in [0, 0.1) is 0 Å². The maximum atomic E-state index is 11.1. The van der Waals surface area contributed by atoms with Gasteiger partial charge in [0.15, 0.2) is 0 Å². The van der Waals surface area contributed by atoms with Crippen molar-refractivity contribution in [1.29, 1.82) is 0 Å². The maximum absolute atomic E-state index is 11.1. The Kier molecular flexibility index (Phi) is 5.12. The van der Waals surface area contributed by atoms with Crippen LogP contribution >= 0.6 is 0 Å². The van der Waals surface area contributed by atoms with Crippen LogP contribution < -0.4 is 5.32 Å². The zero-order valence-corrected chi connectivity index (χ0v) is 9.69. The third-order valence-corrected chi connectivity index (χ3v) is 2.24. The molecule has 3 nitrogen and oxygen atoms in total. The lowest BCUT2D eigenvalue weighted by Crippen LogP contribution is -2.14. The molecule has 0 amide bonds. The van der Waals surface area contributed by atoms with Crippen molar-refractivity contribution in [2.75, 3.05) is 7.11 Å². The van der Waals surface area contributed by atoms with Crippen LogP contribution in [-0.4, -0.2) is 13.1 Å². The summed E-state index contributed by atoms with van der Waals surface area (Å²) >= 11 is 0. The SMILES string of the molecule is CCC(=CC(=O)OC)NCc1ccccc1. The normalized spacial score (nSPS) is 11.0. The van der Waals surface area contributed by atoms with E-state index in [4.69, 9.17) is 0 Å². The number of methoxy groups -OCH3 is 1. The van der Waals surface area contributed by atoms with Gasteiger partial charge in [0.2, 0.25) is 0 Å². The minimum atomic E-state index is -0.322. The topological polar surface area (TPSA) is 38.3 Å². The van der Waals surface area contributed by atoms with Gasteiger partial charge in [-0.2, -0.15) is 0 Å². The second-order valence-electron chi connectivity index (χ2n) is 3.39. The number of hydrogen-bond donors (Lipinski definition) is 1. The molecule has 0 aliphatic rings. The van der Waals surface area contributed by atoms with Crippen molar-refractivity contribution in [3.8, 4) is 0 Å². The Balaban J connectivity index is 2.52. The molecular formula is C13H17NO2. The van der Waals surface area contributed by atoms with Crippen LogP contribution in [0.3, 0.4) is 0 Å². The highest BCUT2D eigenvalue weighted by Crippen LogP contribution is 2.02. The molecule has 0 fully saturated rings.